The van der Waals surface area contributed by atoms with Crippen molar-refractivity contribution in [1.29, 1.82) is 0 Å². The molecule has 1 aromatic heterocycles. The van der Waals surface area contributed by atoms with Gasteiger partial charge in [0, 0.05) is 39.6 Å². The number of carbonyl (C=O) groups excluding carboxylic acids is 1. The van der Waals surface area contributed by atoms with E-state index >= 15 is 0 Å². The lowest BCUT2D eigenvalue weighted by Crippen LogP contribution is -2.43. The largest absolute Gasteiger partial charge is 0.496 e. The molecule has 3 aromatic rings. The minimum Gasteiger partial charge on any atom is -0.496 e. The number of ether oxygens (including phenoxy) is 1. The number of aliphatic imine (C=N–C) groups is 1. The summed E-state index contributed by atoms with van der Waals surface area (Å²) < 4.78 is 7.76. The molecule has 0 N–H and O–H groups in total. The molecule has 2 aromatic carbocycles. The first-order chi connectivity index (χ1) is 16.9. The van der Waals surface area contributed by atoms with Gasteiger partial charge in [-0.1, -0.05) is 64.4 Å². The first-order valence-corrected chi connectivity index (χ1v) is 12.9. The average molecular weight is 504 g/mol. The lowest BCUT2D eigenvalue weighted by molar-refractivity contribution is -0.124. The van der Waals surface area contributed by atoms with Crippen molar-refractivity contribution in [2.45, 2.75) is 65.7 Å². The monoisotopic (exact) mass is 503 g/mol. The molecule has 1 saturated carbocycles. The Kier molecular flexibility index (Phi) is 5.90. The smallest absolute Gasteiger partial charge is 0.159 e. The number of aryl methyl sites for hydroxylation is 1. The number of para-hydroxylation sites is 1. The van der Waals surface area contributed by atoms with E-state index in [0.29, 0.717) is 11.4 Å². The number of aromatic nitrogens is 2. The molecule has 0 bridgehead atoms. The van der Waals surface area contributed by atoms with Crippen LogP contribution in [0, 0.1) is 18.3 Å². The molecule has 2 unspecified atom stereocenters. The fourth-order valence-corrected chi connectivity index (χ4v) is 5.91. The number of benzene rings is 2. The van der Waals surface area contributed by atoms with Crippen molar-refractivity contribution < 1.29 is 9.53 Å². The highest BCUT2D eigenvalue weighted by Crippen LogP contribution is 2.53. The molecule has 0 radical (unpaired) electrons. The third kappa shape index (κ3) is 4.07. The number of hydrogen-bond acceptors (Lipinski definition) is 4. The van der Waals surface area contributed by atoms with E-state index in [2.05, 4.69) is 40.7 Å². The SMILES string of the molecule is COc1ccccc1C1c2c(C(C)(C)C)nn(-c3ccc(Cl)c(C)c3)c2N=C2CC(C)(C)CC(=O)C21. The Labute approximate surface area is 218 Å². The summed E-state index contributed by atoms with van der Waals surface area (Å²) in [6, 6.07) is 14.0. The zero-order valence-electron chi connectivity index (χ0n) is 22.1. The molecule has 36 heavy (non-hydrogen) atoms. The van der Waals surface area contributed by atoms with Crippen LogP contribution in [0.1, 0.15) is 75.8 Å². The number of ketones is 1. The number of fused-ring (bicyclic) bond motifs is 2. The first-order valence-electron chi connectivity index (χ1n) is 12.5. The molecule has 5 nitrogen and oxygen atoms in total. The Hall–Kier alpha value is -2.92. The van der Waals surface area contributed by atoms with Gasteiger partial charge in [-0.05, 0) is 48.6 Å². The van der Waals surface area contributed by atoms with Crippen molar-refractivity contribution in [1.82, 2.24) is 9.78 Å². The summed E-state index contributed by atoms with van der Waals surface area (Å²) in [5, 5.41) is 5.89. The Morgan fingerprint density at radius 1 is 1.08 bits per heavy atom. The van der Waals surface area contributed by atoms with Gasteiger partial charge < -0.3 is 4.74 Å². The van der Waals surface area contributed by atoms with E-state index in [0.717, 1.165) is 51.8 Å². The van der Waals surface area contributed by atoms with Gasteiger partial charge in [0.25, 0.3) is 0 Å². The van der Waals surface area contributed by atoms with Gasteiger partial charge in [-0.15, -0.1) is 0 Å². The molecule has 1 aliphatic heterocycles. The maximum absolute atomic E-state index is 13.8. The second-order valence-electron chi connectivity index (χ2n) is 12.0. The Balaban J connectivity index is 1.86. The number of methoxy groups -OCH3 is 1. The predicted octanol–water partition coefficient (Wildman–Crippen LogP) is 7.36. The second-order valence-corrected chi connectivity index (χ2v) is 12.4. The summed E-state index contributed by atoms with van der Waals surface area (Å²) in [4.78, 5) is 19.0. The molecule has 0 spiro atoms. The zero-order chi connectivity index (χ0) is 26.0. The van der Waals surface area contributed by atoms with Gasteiger partial charge in [-0.3, -0.25) is 4.79 Å². The summed E-state index contributed by atoms with van der Waals surface area (Å²) in [5.74, 6) is 1.27. The molecule has 6 heteroatoms. The van der Waals surface area contributed by atoms with Gasteiger partial charge in [0.05, 0.1) is 24.4 Å². The number of nitrogens with zero attached hydrogens (tertiary/aromatic N) is 3. The van der Waals surface area contributed by atoms with Gasteiger partial charge in [-0.25, -0.2) is 9.67 Å². The Bertz CT molecular complexity index is 1390. The molecule has 2 aliphatic rings. The van der Waals surface area contributed by atoms with Crippen LogP contribution >= 0.6 is 11.6 Å². The van der Waals surface area contributed by atoms with E-state index in [1.54, 1.807) is 7.11 Å². The second kappa shape index (κ2) is 8.58. The number of carbonyl (C=O) groups is 1. The first kappa shape index (κ1) is 24.8. The van der Waals surface area contributed by atoms with E-state index in [1.807, 2.05) is 48.0 Å². The van der Waals surface area contributed by atoms with Crippen molar-refractivity contribution >= 4 is 28.9 Å². The molecule has 0 amide bonds. The van der Waals surface area contributed by atoms with Gasteiger partial charge in [-0.2, -0.15) is 5.10 Å². The molecular formula is C30H34ClN3O2. The predicted molar refractivity (Wildman–Crippen MR) is 145 cm³/mol. The van der Waals surface area contributed by atoms with Crippen LogP contribution in [-0.4, -0.2) is 28.4 Å². The van der Waals surface area contributed by atoms with Gasteiger partial charge in [0.2, 0.25) is 0 Å². The minimum atomic E-state index is -0.326. The molecular weight excluding hydrogens is 470 g/mol. The third-order valence-electron chi connectivity index (χ3n) is 7.38. The van der Waals surface area contributed by atoms with Crippen LogP contribution in [0.4, 0.5) is 5.82 Å². The zero-order valence-corrected chi connectivity index (χ0v) is 22.9. The lowest BCUT2D eigenvalue weighted by Gasteiger charge is -2.41. The summed E-state index contributed by atoms with van der Waals surface area (Å²) in [6.45, 7) is 12.8. The molecule has 188 valence electrons. The summed E-state index contributed by atoms with van der Waals surface area (Å²) >= 11 is 6.36. The molecule has 2 heterocycles. The number of hydrogen-bond donors (Lipinski definition) is 0. The maximum atomic E-state index is 13.8. The summed E-state index contributed by atoms with van der Waals surface area (Å²) in [5.41, 5.74) is 5.39. The molecule has 2 atom stereocenters. The third-order valence-corrected chi connectivity index (χ3v) is 7.80. The van der Waals surface area contributed by atoms with Gasteiger partial charge in [0.1, 0.15) is 11.5 Å². The van der Waals surface area contributed by atoms with E-state index < -0.39 is 0 Å². The number of rotatable bonds is 3. The van der Waals surface area contributed by atoms with Crippen LogP contribution in [0.2, 0.25) is 5.02 Å². The van der Waals surface area contributed by atoms with Crippen molar-refractivity contribution in [2.24, 2.45) is 16.3 Å². The standard InChI is InChI=1S/C30H34ClN3O2/c1-17-14-18(12-13-20(17)31)34-28-26(27(33-34)29(2,3)4)24(19-10-8-9-11-23(19)36-7)25-21(32-28)15-30(5,6)16-22(25)35/h8-14,24-25H,15-16H2,1-7H3. The minimum absolute atomic E-state index is 0.135. The fraction of sp³-hybridized carbons (Fsp3) is 0.433. The van der Waals surface area contributed by atoms with Gasteiger partial charge in [0.15, 0.2) is 5.82 Å². The van der Waals surface area contributed by atoms with E-state index in [-0.39, 0.29) is 28.4 Å². The van der Waals surface area contributed by atoms with Crippen LogP contribution in [-0.2, 0) is 10.2 Å². The van der Waals surface area contributed by atoms with Crippen LogP contribution in [0.15, 0.2) is 47.5 Å². The van der Waals surface area contributed by atoms with Crippen LogP contribution in [0.3, 0.4) is 0 Å². The van der Waals surface area contributed by atoms with Crippen molar-refractivity contribution in [2.75, 3.05) is 7.11 Å². The van der Waals surface area contributed by atoms with Gasteiger partial charge >= 0.3 is 0 Å². The Morgan fingerprint density at radius 3 is 2.47 bits per heavy atom. The highest BCUT2D eigenvalue weighted by molar-refractivity contribution is 6.31. The summed E-state index contributed by atoms with van der Waals surface area (Å²) in [7, 11) is 1.69. The molecule has 1 aliphatic carbocycles. The summed E-state index contributed by atoms with van der Waals surface area (Å²) in [6.07, 6.45) is 1.30. The van der Waals surface area contributed by atoms with Crippen molar-refractivity contribution in [3.63, 3.8) is 0 Å². The van der Waals surface area contributed by atoms with E-state index in [1.165, 1.54) is 0 Å². The van der Waals surface area contributed by atoms with Crippen molar-refractivity contribution in [3.8, 4) is 11.4 Å². The molecule has 5 rings (SSSR count). The molecule has 1 fully saturated rings. The lowest BCUT2D eigenvalue weighted by atomic mass is 9.63. The topological polar surface area (TPSA) is 56.5 Å². The fourth-order valence-electron chi connectivity index (χ4n) is 5.79. The maximum Gasteiger partial charge on any atom is 0.159 e. The number of halogens is 1. The van der Waals surface area contributed by atoms with E-state index in [9.17, 15) is 4.79 Å². The molecule has 0 saturated heterocycles. The van der Waals surface area contributed by atoms with Crippen LogP contribution in [0.5, 0.6) is 5.75 Å². The quantitative estimate of drug-likeness (QED) is 0.375. The normalized spacial score (nSPS) is 21.0. The van der Waals surface area contributed by atoms with Crippen LogP contribution < -0.4 is 4.74 Å². The van der Waals surface area contributed by atoms with Crippen molar-refractivity contribution in [3.05, 3.63) is 69.9 Å². The Morgan fingerprint density at radius 2 is 1.81 bits per heavy atom. The average Bonchev–Trinajstić information content (AvgIpc) is 3.18. The van der Waals surface area contributed by atoms with E-state index in [4.69, 9.17) is 26.4 Å². The van der Waals surface area contributed by atoms with Crippen LogP contribution in [0.25, 0.3) is 5.69 Å². The highest BCUT2D eigenvalue weighted by atomic mass is 35.5. The number of Topliss-reactive ketones (excluding diaryl/α,β-unsaturated/α-hetero) is 1. The highest BCUT2D eigenvalue weighted by Gasteiger charge is 2.49.